The van der Waals surface area contributed by atoms with Crippen LogP contribution < -0.4 is 5.32 Å². The number of hydrogen-bond donors (Lipinski definition) is 2. The molecule has 0 aliphatic carbocycles. The van der Waals surface area contributed by atoms with Crippen molar-refractivity contribution in [1.29, 1.82) is 0 Å². The molecule has 0 spiro atoms. The molecule has 2 rings (SSSR count). The third-order valence-corrected chi connectivity index (χ3v) is 5.75. The number of allylic oxidation sites excluding steroid dienone is 2. The number of nitrogens with one attached hydrogen (secondary N) is 1. The summed E-state index contributed by atoms with van der Waals surface area (Å²) in [6.45, 7) is 14.9. The summed E-state index contributed by atoms with van der Waals surface area (Å²) in [6, 6.07) is 6.07. The quantitative estimate of drug-likeness (QED) is 0.529. The van der Waals surface area contributed by atoms with Crippen LogP contribution in [0.25, 0.3) is 0 Å². The lowest BCUT2D eigenvalue weighted by molar-refractivity contribution is -0.120. The topological polar surface area (TPSA) is 61.7 Å². The van der Waals surface area contributed by atoms with E-state index < -0.39 is 4.75 Å². The van der Waals surface area contributed by atoms with Gasteiger partial charge in [-0.25, -0.2) is 4.39 Å². The van der Waals surface area contributed by atoms with E-state index in [0.717, 1.165) is 11.1 Å². The van der Waals surface area contributed by atoms with Crippen LogP contribution >= 0.6 is 11.8 Å². The molecule has 1 fully saturated rings. The SMILES string of the molecule is C=C/C=C(\C)C1(C)SC(=N[C@@H](C)c2ccc(F)cc2)NC1=O.C=CC(C)CO. The second kappa shape index (κ2) is 11.0. The van der Waals surface area contributed by atoms with E-state index in [2.05, 4.69) is 23.5 Å². The van der Waals surface area contributed by atoms with E-state index in [1.807, 2.05) is 33.8 Å². The van der Waals surface area contributed by atoms with Crippen LogP contribution in [0.3, 0.4) is 0 Å². The van der Waals surface area contributed by atoms with Crippen molar-refractivity contribution in [2.45, 2.75) is 38.5 Å². The number of carbonyl (C=O) groups is 1. The number of aliphatic imine (C=N–C) groups is 1. The van der Waals surface area contributed by atoms with E-state index in [1.54, 1.807) is 24.3 Å². The van der Waals surface area contributed by atoms with Gasteiger partial charge in [0.1, 0.15) is 10.6 Å². The Labute approximate surface area is 171 Å². The van der Waals surface area contributed by atoms with E-state index in [1.165, 1.54) is 23.9 Å². The predicted molar refractivity (Wildman–Crippen MR) is 117 cm³/mol. The number of halogens is 1. The highest BCUT2D eigenvalue weighted by atomic mass is 32.2. The van der Waals surface area contributed by atoms with Crippen LogP contribution in [0.5, 0.6) is 0 Å². The van der Waals surface area contributed by atoms with E-state index in [-0.39, 0.29) is 30.3 Å². The molecule has 0 bridgehead atoms. The number of hydrogen-bond acceptors (Lipinski definition) is 4. The molecule has 1 aromatic rings. The van der Waals surface area contributed by atoms with Crippen LogP contribution in [0.2, 0.25) is 0 Å². The standard InChI is InChI=1S/C17H19FN2OS.C5H10O/c1-5-6-11(2)17(4)15(21)20-16(22-17)19-12(3)13-7-9-14(18)10-8-13;1-3-5(2)4-6/h5-10,12H,1H2,2-4H3,(H,19,20,21);3,5-6H,1,4H2,2H3/b11-6+;/t12-,17?;/m0./s1. The molecule has 3 atom stereocenters. The summed E-state index contributed by atoms with van der Waals surface area (Å²) in [7, 11) is 0. The first-order valence-electron chi connectivity index (χ1n) is 9.04. The zero-order valence-corrected chi connectivity index (χ0v) is 17.7. The molecule has 1 saturated heterocycles. The molecule has 0 radical (unpaired) electrons. The molecule has 2 N–H and O–H groups in total. The van der Waals surface area contributed by atoms with Crippen molar-refractivity contribution in [3.05, 3.63) is 72.6 Å². The van der Waals surface area contributed by atoms with E-state index in [9.17, 15) is 9.18 Å². The summed E-state index contributed by atoms with van der Waals surface area (Å²) < 4.78 is 12.3. The summed E-state index contributed by atoms with van der Waals surface area (Å²) in [5.74, 6) is -0.104. The minimum absolute atomic E-state index is 0.0850. The smallest absolute Gasteiger partial charge is 0.246 e. The van der Waals surface area contributed by atoms with Gasteiger partial charge in [-0.15, -0.1) is 6.58 Å². The van der Waals surface area contributed by atoms with E-state index >= 15 is 0 Å². The summed E-state index contributed by atoms with van der Waals surface area (Å²) >= 11 is 1.39. The van der Waals surface area contributed by atoms with Gasteiger partial charge in [-0.2, -0.15) is 0 Å². The van der Waals surface area contributed by atoms with Crippen molar-refractivity contribution in [2.75, 3.05) is 6.61 Å². The Balaban J connectivity index is 0.000000568. The summed E-state index contributed by atoms with van der Waals surface area (Å²) in [6.07, 6.45) is 5.23. The van der Waals surface area contributed by atoms with Gasteiger partial charge in [-0.3, -0.25) is 9.79 Å². The zero-order chi connectivity index (χ0) is 21.3. The summed E-state index contributed by atoms with van der Waals surface area (Å²) in [5.41, 5.74) is 1.82. The number of aliphatic hydroxyl groups excluding tert-OH is 1. The Morgan fingerprint density at radius 3 is 2.43 bits per heavy atom. The van der Waals surface area contributed by atoms with E-state index in [4.69, 9.17) is 5.11 Å². The molecule has 4 nitrogen and oxygen atoms in total. The van der Waals surface area contributed by atoms with Gasteiger partial charge in [0.25, 0.3) is 0 Å². The molecule has 1 heterocycles. The number of rotatable bonds is 6. The number of carbonyl (C=O) groups excluding carboxylic acids is 1. The molecule has 2 unspecified atom stereocenters. The molecule has 1 amide bonds. The first-order chi connectivity index (χ1) is 13.2. The van der Waals surface area contributed by atoms with Gasteiger partial charge in [0.2, 0.25) is 5.91 Å². The molecule has 1 aliphatic rings. The fraction of sp³-hybridized carbons (Fsp3) is 0.364. The normalized spacial score (nSPS) is 22.7. The second-order valence-corrected chi connectivity index (χ2v) is 8.14. The Morgan fingerprint density at radius 2 is 1.96 bits per heavy atom. The Kier molecular flexibility index (Phi) is 9.35. The molecule has 28 heavy (non-hydrogen) atoms. The van der Waals surface area contributed by atoms with Crippen molar-refractivity contribution in [2.24, 2.45) is 10.9 Å². The average Bonchev–Trinajstić information content (AvgIpc) is 2.96. The van der Waals surface area contributed by atoms with Gasteiger partial charge in [0, 0.05) is 6.61 Å². The fourth-order valence-electron chi connectivity index (χ4n) is 2.20. The van der Waals surface area contributed by atoms with Crippen molar-refractivity contribution >= 4 is 22.8 Å². The molecule has 6 heteroatoms. The number of amides is 1. The van der Waals surface area contributed by atoms with Crippen LogP contribution in [-0.4, -0.2) is 27.5 Å². The fourth-order valence-corrected chi connectivity index (χ4v) is 3.32. The second-order valence-electron chi connectivity index (χ2n) is 6.73. The number of thioether (sulfide) groups is 1. The lowest BCUT2D eigenvalue weighted by Gasteiger charge is -2.19. The Morgan fingerprint density at radius 1 is 1.36 bits per heavy atom. The third-order valence-electron chi connectivity index (χ3n) is 4.43. The minimum atomic E-state index is -0.671. The lowest BCUT2D eigenvalue weighted by Crippen LogP contribution is -2.34. The van der Waals surface area contributed by atoms with Gasteiger partial charge in [-0.1, -0.05) is 55.6 Å². The highest BCUT2D eigenvalue weighted by Gasteiger charge is 2.43. The number of amidine groups is 1. The molecule has 1 aliphatic heterocycles. The number of benzene rings is 1. The molecular formula is C22H29FN2O2S. The van der Waals surface area contributed by atoms with Crippen molar-refractivity contribution in [3.8, 4) is 0 Å². The average molecular weight is 405 g/mol. The van der Waals surface area contributed by atoms with Crippen LogP contribution in [0.4, 0.5) is 4.39 Å². The van der Waals surface area contributed by atoms with Gasteiger partial charge in [0.15, 0.2) is 5.17 Å². The summed E-state index contributed by atoms with van der Waals surface area (Å²) in [5, 5.41) is 11.7. The van der Waals surface area contributed by atoms with Crippen LogP contribution in [0.15, 0.2) is 66.2 Å². The van der Waals surface area contributed by atoms with Crippen molar-refractivity contribution in [1.82, 2.24) is 5.32 Å². The molecule has 0 aromatic heterocycles. The van der Waals surface area contributed by atoms with Crippen LogP contribution in [0.1, 0.15) is 39.3 Å². The highest BCUT2D eigenvalue weighted by Crippen LogP contribution is 2.38. The maximum absolute atomic E-state index is 13.0. The highest BCUT2D eigenvalue weighted by molar-refractivity contribution is 8.16. The molecule has 0 saturated carbocycles. The van der Waals surface area contributed by atoms with Crippen molar-refractivity contribution < 1.29 is 14.3 Å². The monoisotopic (exact) mass is 404 g/mol. The maximum Gasteiger partial charge on any atom is 0.246 e. The Bertz CT molecular complexity index is 758. The first-order valence-corrected chi connectivity index (χ1v) is 9.86. The maximum atomic E-state index is 13.0. The molecular weight excluding hydrogens is 375 g/mol. The van der Waals surface area contributed by atoms with Crippen LogP contribution in [0, 0.1) is 11.7 Å². The van der Waals surface area contributed by atoms with Gasteiger partial charge in [0.05, 0.1) is 6.04 Å². The minimum Gasteiger partial charge on any atom is -0.396 e. The first kappa shape index (κ1) is 23.9. The molecule has 152 valence electrons. The van der Waals surface area contributed by atoms with Crippen molar-refractivity contribution in [3.63, 3.8) is 0 Å². The molecule has 1 aromatic carbocycles. The van der Waals surface area contributed by atoms with Gasteiger partial charge in [-0.05, 0) is 50.0 Å². The van der Waals surface area contributed by atoms with E-state index in [0.29, 0.717) is 5.17 Å². The summed E-state index contributed by atoms with van der Waals surface area (Å²) in [4.78, 5) is 16.8. The number of aliphatic hydroxyl groups is 1. The number of nitrogens with zero attached hydrogens (tertiary/aromatic N) is 1. The lowest BCUT2D eigenvalue weighted by atomic mass is 10.0. The largest absolute Gasteiger partial charge is 0.396 e. The third kappa shape index (κ3) is 6.46. The van der Waals surface area contributed by atoms with Gasteiger partial charge >= 0.3 is 0 Å². The Hall–Kier alpha value is -2.18. The van der Waals surface area contributed by atoms with Crippen LogP contribution in [-0.2, 0) is 4.79 Å². The predicted octanol–water partition coefficient (Wildman–Crippen LogP) is 4.80. The zero-order valence-electron chi connectivity index (χ0n) is 16.9. The van der Waals surface area contributed by atoms with Gasteiger partial charge < -0.3 is 10.4 Å².